The van der Waals surface area contributed by atoms with Gasteiger partial charge in [-0.3, -0.25) is 10.2 Å². The predicted molar refractivity (Wildman–Crippen MR) is 37.1 cm³/mol. The fraction of sp³-hybridized carbons (Fsp3) is 0.600. The van der Waals surface area contributed by atoms with Crippen LogP contribution in [0.5, 0.6) is 0 Å². The Hall–Kier alpha value is -1.47. The lowest BCUT2D eigenvalue weighted by Gasteiger charge is -2.19. The van der Waals surface area contributed by atoms with Gasteiger partial charge >= 0.3 is 12.1 Å². The molecule has 5 N–H and O–H groups in total. The number of nitrogens with two attached hydrogens (primary N) is 1. The van der Waals surface area contributed by atoms with Crippen molar-refractivity contribution in [3.63, 3.8) is 0 Å². The minimum absolute atomic E-state index is 0.913. The van der Waals surface area contributed by atoms with Crippen molar-refractivity contribution >= 4 is 11.9 Å². The third-order valence-electron chi connectivity index (χ3n) is 1.10. The first-order valence-corrected chi connectivity index (χ1v) is 3.12. The molecule has 0 aromatic heterocycles. The zero-order valence-corrected chi connectivity index (χ0v) is 6.35. The van der Waals surface area contributed by atoms with Gasteiger partial charge in [0.15, 0.2) is 5.96 Å². The summed E-state index contributed by atoms with van der Waals surface area (Å²) in [6.45, 7) is 0. The summed E-state index contributed by atoms with van der Waals surface area (Å²) in [5.74, 6) is -2.53. The van der Waals surface area contributed by atoms with Crippen molar-refractivity contribution in [2.75, 3.05) is 0 Å². The van der Waals surface area contributed by atoms with Crippen molar-refractivity contribution in [2.24, 2.45) is 5.73 Å². The molecule has 13 heavy (non-hydrogen) atoms. The molecule has 5 nitrogen and oxygen atoms in total. The summed E-state index contributed by atoms with van der Waals surface area (Å²) in [5, 5.41) is 16.1. The Bertz CT molecular complexity index is 200. The zero-order valence-electron chi connectivity index (χ0n) is 6.35. The zero-order chi connectivity index (χ0) is 10.6. The Labute approximate surface area is 71.2 Å². The summed E-state index contributed by atoms with van der Waals surface area (Å²) < 4.78 is 35.9. The highest BCUT2D eigenvalue weighted by Crippen LogP contribution is 2.22. The van der Waals surface area contributed by atoms with Crippen molar-refractivity contribution in [2.45, 2.75) is 18.6 Å². The molecule has 0 amide bonds. The number of nitrogens with one attached hydrogen (secondary N) is 2. The molecule has 0 radical (unpaired) electrons. The number of hydrogen-bond acceptors (Lipinski definition) is 2. The summed E-state index contributed by atoms with van der Waals surface area (Å²) in [6.07, 6.45) is -5.90. The first-order chi connectivity index (χ1) is 5.73. The number of guanidine groups is 1. The standard InChI is InChI=1S/C5H8F3N3O2/c6-5(7,8)2(1-3(12)13)11-4(9)10/h2H,1H2,(H,12,13)(H4,9,10,11)/t2-/m0/s1. The molecule has 0 saturated heterocycles. The van der Waals surface area contributed by atoms with Crippen molar-refractivity contribution in [3.05, 3.63) is 0 Å². The van der Waals surface area contributed by atoms with Gasteiger partial charge in [-0.2, -0.15) is 13.2 Å². The van der Waals surface area contributed by atoms with E-state index in [4.69, 9.17) is 10.5 Å². The molecule has 1 atom stereocenters. The van der Waals surface area contributed by atoms with Crippen LogP contribution in [-0.2, 0) is 4.79 Å². The lowest BCUT2D eigenvalue weighted by molar-refractivity contribution is -0.164. The molecule has 0 aliphatic rings. The molecule has 0 aromatic rings. The maximum atomic E-state index is 12.0. The van der Waals surface area contributed by atoms with E-state index < -0.39 is 30.6 Å². The van der Waals surface area contributed by atoms with E-state index in [1.54, 1.807) is 0 Å². The van der Waals surface area contributed by atoms with Gasteiger partial charge in [0.25, 0.3) is 0 Å². The lowest BCUT2D eigenvalue weighted by atomic mass is 10.2. The maximum Gasteiger partial charge on any atom is 0.409 e. The summed E-state index contributed by atoms with van der Waals surface area (Å²) in [5.41, 5.74) is 4.64. The van der Waals surface area contributed by atoms with Gasteiger partial charge in [-0.25, -0.2) is 0 Å². The molecule has 8 heteroatoms. The lowest BCUT2D eigenvalue weighted by Crippen LogP contribution is -2.48. The highest BCUT2D eigenvalue weighted by molar-refractivity contribution is 5.76. The number of hydrogen-bond donors (Lipinski definition) is 4. The smallest absolute Gasteiger partial charge is 0.409 e. The van der Waals surface area contributed by atoms with Crippen LogP contribution in [0.15, 0.2) is 0 Å². The van der Waals surface area contributed by atoms with Gasteiger partial charge in [0.05, 0.1) is 6.42 Å². The van der Waals surface area contributed by atoms with Gasteiger partial charge in [0.2, 0.25) is 0 Å². The van der Waals surface area contributed by atoms with Crippen molar-refractivity contribution < 1.29 is 23.1 Å². The van der Waals surface area contributed by atoms with Crippen LogP contribution in [0.1, 0.15) is 6.42 Å². The van der Waals surface area contributed by atoms with Crippen molar-refractivity contribution in [1.29, 1.82) is 5.41 Å². The second-order valence-electron chi connectivity index (χ2n) is 2.25. The average Bonchev–Trinajstić information content (AvgIpc) is 1.81. The van der Waals surface area contributed by atoms with E-state index in [9.17, 15) is 18.0 Å². The number of aliphatic carboxylic acids is 1. The van der Waals surface area contributed by atoms with E-state index in [1.807, 2.05) is 0 Å². The van der Waals surface area contributed by atoms with Gasteiger partial charge in [0, 0.05) is 0 Å². The molecule has 0 saturated carbocycles. The first kappa shape index (κ1) is 11.5. The van der Waals surface area contributed by atoms with E-state index >= 15 is 0 Å². The van der Waals surface area contributed by atoms with E-state index in [2.05, 4.69) is 5.73 Å². The molecule has 0 heterocycles. The van der Waals surface area contributed by atoms with Crippen LogP contribution in [0, 0.1) is 5.41 Å². The molecule has 0 rings (SSSR count). The quantitative estimate of drug-likeness (QED) is 0.376. The summed E-state index contributed by atoms with van der Waals surface area (Å²) >= 11 is 0. The Morgan fingerprint density at radius 1 is 1.62 bits per heavy atom. The number of rotatable bonds is 3. The van der Waals surface area contributed by atoms with Gasteiger partial charge in [0.1, 0.15) is 6.04 Å². The molecule has 0 spiro atoms. The number of halogens is 3. The average molecular weight is 199 g/mol. The van der Waals surface area contributed by atoms with Crippen LogP contribution in [0.25, 0.3) is 0 Å². The van der Waals surface area contributed by atoms with E-state index in [-0.39, 0.29) is 0 Å². The highest BCUT2D eigenvalue weighted by atomic mass is 19.4. The number of alkyl halides is 3. The van der Waals surface area contributed by atoms with Crippen LogP contribution in [0.4, 0.5) is 13.2 Å². The third kappa shape index (κ3) is 4.88. The molecule has 0 aromatic carbocycles. The fourth-order valence-electron chi connectivity index (χ4n) is 0.611. The Morgan fingerprint density at radius 3 is 2.31 bits per heavy atom. The summed E-state index contributed by atoms with van der Waals surface area (Å²) in [4.78, 5) is 9.99. The Kier molecular flexibility index (Phi) is 3.52. The normalized spacial score (nSPS) is 13.5. The summed E-state index contributed by atoms with van der Waals surface area (Å²) in [7, 11) is 0. The molecular weight excluding hydrogens is 191 g/mol. The monoisotopic (exact) mass is 199 g/mol. The SMILES string of the molecule is N=C(N)N[C@@H](CC(=O)O)C(F)(F)F. The summed E-state index contributed by atoms with van der Waals surface area (Å²) in [6, 6.07) is -2.32. The second kappa shape index (κ2) is 3.97. The van der Waals surface area contributed by atoms with E-state index in [0.717, 1.165) is 0 Å². The van der Waals surface area contributed by atoms with E-state index in [1.165, 1.54) is 5.32 Å². The Morgan fingerprint density at radius 2 is 2.08 bits per heavy atom. The Balaban J connectivity index is 4.37. The van der Waals surface area contributed by atoms with E-state index in [0.29, 0.717) is 0 Å². The molecule has 0 aliphatic heterocycles. The van der Waals surface area contributed by atoms with Crippen LogP contribution in [0.3, 0.4) is 0 Å². The number of carbonyl (C=O) groups is 1. The highest BCUT2D eigenvalue weighted by Gasteiger charge is 2.41. The van der Waals surface area contributed by atoms with Crippen molar-refractivity contribution in [3.8, 4) is 0 Å². The second-order valence-corrected chi connectivity index (χ2v) is 2.25. The number of carboxylic acids is 1. The van der Waals surface area contributed by atoms with Gasteiger partial charge in [-0.15, -0.1) is 0 Å². The topological polar surface area (TPSA) is 99.2 Å². The van der Waals surface area contributed by atoms with Crippen LogP contribution >= 0.6 is 0 Å². The number of carboxylic acid groups (broad SMARTS) is 1. The van der Waals surface area contributed by atoms with Crippen LogP contribution in [0.2, 0.25) is 0 Å². The third-order valence-corrected chi connectivity index (χ3v) is 1.10. The largest absolute Gasteiger partial charge is 0.481 e. The van der Waals surface area contributed by atoms with Gasteiger partial charge < -0.3 is 16.2 Å². The molecular formula is C5H8F3N3O2. The first-order valence-electron chi connectivity index (χ1n) is 3.12. The molecule has 0 unspecified atom stereocenters. The van der Waals surface area contributed by atoms with Crippen LogP contribution in [-0.4, -0.2) is 29.3 Å². The molecule has 76 valence electrons. The van der Waals surface area contributed by atoms with Gasteiger partial charge in [-0.1, -0.05) is 0 Å². The van der Waals surface area contributed by atoms with Crippen LogP contribution < -0.4 is 11.1 Å². The minimum atomic E-state index is -4.73. The maximum absolute atomic E-state index is 12.0. The predicted octanol–water partition coefficient (Wildman–Crippen LogP) is -0.125. The fourth-order valence-corrected chi connectivity index (χ4v) is 0.611. The minimum Gasteiger partial charge on any atom is -0.481 e. The van der Waals surface area contributed by atoms with Gasteiger partial charge in [-0.05, 0) is 0 Å². The molecule has 0 bridgehead atoms. The molecule has 0 fully saturated rings. The van der Waals surface area contributed by atoms with Crippen molar-refractivity contribution in [1.82, 2.24) is 5.32 Å². The molecule has 0 aliphatic carbocycles.